The van der Waals surface area contributed by atoms with E-state index in [4.69, 9.17) is 4.74 Å². The molecule has 1 N–H and O–H groups in total. The molecule has 24 heavy (non-hydrogen) atoms. The molecule has 1 aromatic carbocycles. The third-order valence-corrected chi connectivity index (χ3v) is 4.31. The minimum Gasteiger partial charge on any atom is -0.494 e. The summed E-state index contributed by atoms with van der Waals surface area (Å²) in [5, 5.41) is 7.04. The van der Waals surface area contributed by atoms with Crippen molar-refractivity contribution >= 4 is 5.91 Å². The van der Waals surface area contributed by atoms with Gasteiger partial charge in [-0.25, -0.2) is 9.37 Å². The quantitative estimate of drug-likeness (QED) is 0.934. The molecule has 1 saturated heterocycles. The number of methoxy groups -OCH3 is 1. The Bertz CT molecular complexity index is 731. The second-order valence-corrected chi connectivity index (χ2v) is 6.02. The number of halogens is 1. The van der Waals surface area contributed by atoms with E-state index in [1.165, 1.54) is 13.2 Å². The maximum Gasteiger partial charge on any atom is 0.227 e. The predicted octanol–water partition coefficient (Wildman–Crippen LogP) is 2.56. The summed E-state index contributed by atoms with van der Waals surface area (Å²) in [6.45, 7) is 2.52. The van der Waals surface area contributed by atoms with E-state index in [2.05, 4.69) is 15.2 Å². The molecule has 0 radical (unpaired) electrons. The van der Waals surface area contributed by atoms with Crippen LogP contribution in [0.5, 0.6) is 5.75 Å². The number of likely N-dealkylation sites (tertiary alicyclic amines) is 1. The molecule has 1 aromatic heterocycles. The van der Waals surface area contributed by atoms with Crippen LogP contribution in [0.4, 0.5) is 4.39 Å². The van der Waals surface area contributed by atoms with Crippen LogP contribution in [-0.4, -0.2) is 39.6 Å². The molecule has 0 saturated carbocycles. The number of amides is 1. The number of nitrogens with one attached hydrogen (secondary N) is 1. The van der Waals surface area contributed by atoms with Gasteiger partial charge in [-0.15, -0.1) is 0 Å². The van der Waals surface area contributed by atoms with Crippen LogP contribution in [0.25, 0.3) is 0 Å². The van der Waals surface area contributed by atoms with Crippen molar-refractivity contribution in [3.05, 3.63) is 41.2 Å². The molecular formula is C17H21FN4O2. The number of carbonyl (C=O) groups excluding carboxylic acids is 1. The summed E-state index contributed by atoms with van der Waals surface area (Å²) in [6, 6.07) is 4.51. The van der Waals surface area contributed by atoms with Crippen molar-refractivity contribution in [2.45, 2.75) is 38.6 Å². The van der Waals surface area contributed by atoms with E-state index in [1.807, 2.05) is 11.8 Å². The zero-order valence-electron chi connectivity index (χ0n) is 13.9. The first-order chi connectivity index (χ1) is 11.6. The van der Waals surface area contributed by atoms with Gasteiger partial charge in [0.2, 0.25) is 5.91 Å². The molecule has 6 nitrogen and oxygen atoms in total. The summed E-state index contributed by atoms with van der Waals surface area (Å²) in [7, 11) is 1.42. The highest BCUT2D eigenvalue weighted by atomic mass is 19.1. The zero-order chi connectivity index (χ0) is 17.1. The number of benzene rings is 1. The molecule has 1 fully saturated rings. The SMILES string of the molecule is COc1ccc(CC(=O)N2CCCCC2c2n[nH]c(C)n2)cc1F. The number of aromatic amines is 1. The molecule has 1 aliphatic heterocycles. The van der Waals surface area contributed by atoms with Gasteiger partial charge in [0.15, 0.2) is 17.4 Å². The number of ether oxygens (including phenoxy) is 1. The summed E-state index contributed by atoms with van der Waals surface area (Å²) >= 11 is 0. The highest BCUT2D eigenvalue weighted by molar-refractivity contribution is 5.79. The van der Waals surface area contributed by atoms with Crippen molar-refractivity contribution in [3.63, 3.8) is 0 Å². The van der Waals surface area contributed by atoms with Gasteiger partial charge in [0.25, 0.3) is 0 Å². The fourth-order valence-corrected chi connectivity index (χ4v) is 3.10. The first-order valence-electron chi connectivity index (χ1n) is 8.09. The molecule has 2 aromatic rings. The highest BCUT2D eigenvalue weighted by Gasteiger charge is 2.30. The van der Waals surface area contributed by atoms with E-state index in [1.54, 1.807) is 12.1 Å². The lowest BCUT2D eigenvalue weighted by atomic mass is 10.00. The molecule has 128 valence electrons. The average molecular weight is 332 g/mol. The third-order valence-electron chi connectivity index (χ3n) is 4.31. The normalized spacial score (nSPS) is 17.8. The maximum absolute atomic E-state index is 13.8. The molecule has 1 unspecified atom stereocenters. The fraction of sp³-hybridized carbons (Fsp3) is 0.471. The van der Waals surface area contributed by atoms with Gasteiger partial charge in [-0.05, 0) is 43.9 Å². The molecule has 0 bridgehead atoms. The highest BCUT2D eigenvalue weighted by Crippen LogP contribution is 2.29. The lowest BCUT2D eigenvalue weighted by Gasteiger charge is -2.34. The molecule has 3 rings (SSSR count). The van der Waals surface area contributed by atoms with Gasteiger partial charge in [0.05, 0.1) is 19.6 Å². The molecular weight excluding hydrogens is 311 g/mol. The summed E-state index contributed by atoms with van der Waals surface area (Å²) in [5.74, 6) is 1.08. The van der Waals surface area contributed by atoms with E-state index in [9.17, 15) is 9.18 Å². The number of carbonyl (C=O) groups is 1. The topological polar surface area (TPSA) is 71.1 Å². The summed E-state index contributed by atoms with van der Waals surface area (Å²) in [6.07, 6.45) is 3.00. The minimum absolute atomic E-state index is 0.0354. The van der Waals surface area contributed by atoms with Crippen molar-refractivity contribution in [1.82, 2.24) is 20.1 Å². The summed E-state index contributed by atoms with van der Waals surface area (Å²) in [4.78, 5) is 18.9. The number of piperidine rings is 1. The van der Waals surface area contributed by atoms with E-state index in [0.717, 1.165) is 25.1 Å². The van der Waals surface area contributed by atoms with Crippen LogP contribution < -0.4 is 4.74 Å². The molecule has 0 aliphatic carbocycles. The van der Waals surface area contributed by atoms with Gasteiger partial charge in [-0.2, -0.15) is 5.10 Å². The van der Waals surface area contributed by atoms with Crippen molar-refractivity contribution in [2.24, 2.45) is 0 Å². The lowest BCUT2D eigenvalue weighted by molar-refractivity contribution is -0.134. The Morgan fingerprint density at radius 2 is 2.29 bits per heavy atom. The summed E-state index contributed by atoms with van der Waals surface area (Å²) in [5.41, 5.74) is 0.633. The van der Waals surface area contributed by atoms with Gasteiger partial charge in [0.1, 0.15) is 5.82 Å². The lowest BCUT2D eigenvalue weighted by Crippen LogP contribution is -2.39. The van der Waals surface area contributed by atoms with Crippen LogP contribution in [-0.2, 0) is 11.2 Å². The number of aromatic nitrogens is 3. The maximum atomic E-state index is 13.8. The van der Waals surface area contributed by atoms with Crippen LogP contribution in [0, 0.1) is 12.7 Å². The molecule has 2 heterocycles. The van der Waals surface area contributed by atoms with Gasteiger partial charge in [0, 0.05) is 6.54 Å². The monoisotopic (exact) mass is 332 g/mol. The van der Waals surface area contributed by atoms with Gasteiger partial charge in [-0.3, -0.25) is 9.89 Å². The Labute approximate surface area is 140 Å². The van der Waals surface area contributed by atoms with Gasteiger partial charge < -0.3 is 9.64 Å². The standard InChI is InChI=1S/C17H21FN4O2/c1-11-19-17(21-20-11)14-5-3-4-8-22(14)16(23)10-12-6-7-15(24-2)13(18)9-12/h6-7,9,14H,3-5,8,10H2,1-2H3,(H,19,20,21). The predicted molar refractivity (Wildman–Crippen MR) is 86.1 cm³/mol. The van der Waals surface area contributed by atoms with Crippen LogP contribution in [0.3, 0.4) is 0 Å². The smallest absolute Gasteiger partial charge is 0.227 e. The number of hydrogen-bond acceptors (Lipinski definition) is 4. The molecule has 1 aliphatic rings. The number of nitrogens with zero attached hydrogens (tertiary/aromatic N) is 3. The average Bonchev–Trinajstić information content (AvgIpc) is 3.01. The Morgan fingerprint density at radius 1 is 1.46 bits per heavy atom. The Balaban J connectivity index is 1.75. The first kappa shape index (κ1) is 16.4. The minimum atomic E-state index is -0.456. The Hall–Kier alpha value is -2.44. The van der Waals surface area contributed by atoms with Gasteiger partial charge in [-0.1, -0.05) is 6.07 Å². The van der Waals surface area contributed by atoms with Crippen LogP contribution in [0.2, 0.25) is 0 Å². The largest absolute Gasteiger partial charge is 0.494 e. The van der Waals surface area contributed by atoms with Crippen molar-refractivity contribution in [2.75, 3.05) is 13.7 Å². The van der Waals surface area contributed by atoms with Crippen LogP contribution in [0.1, 0.15) is 42.5 Å². The van der Waals surface area contributed by atoms with Crippen LogP contribution >= 0.6 is 0 Å². The molecule has 7 heteroatoms. The van der Waals surface area contributed by atoms with Crippen molar-refractivity contribution in [3.8, 4) is 5.75 Å². The summed E-state index contributed by atoms with van der Waals surface area (Å²) < 4.78 is 18.7. The zero-order valence-corrected chi connectivity index (χ0v) is 13.9. The Morgan fingerprint density at radius 3 is 2.96 bits per heavy atom. The van der Waals surface area contributed by atoms with Gasteiger partial charge >= 0.3 is 0 Å². The molecule has 0 spiro atoms. The molecule has 1 atom stereocenters. The van der Waals surface area contributed by atoms with Crippen molar-refractivity contribution < 1.29 is 13.9 Å². The van der Waals surface area contributed by atoms with E-state index in [-0.39, 0.29) is 24.1 Å². The number of aryl methyl sites for hydroxylation is 1. The van der Waals surface area contributed by atoms with E-state index >= 15 is 0 Å². The number of rotatable bonds is 4. The first-order valence-corrected chi connectivity index (χ1v) is 8.09. The fourth-order valence-electron chi connectivity index (χ4n) is 3.10. The molecule has 1 amide bonds. The van der Waals surface area contributed by atoms with E-state index in [0.29, 0.717) is 17.9 Å². The second kappa shape index (κ2) is 6.98. The Kier molecular flexibility index (Phi) is 4.78. The third kappa shape index (κ3) is 3.39. The number of hydrogen-bond donors (Lipinski definition) is 1. The van der Waals surface area contributed by atoms with Crippen molar-refractivity contribution in [1.29, 1.82) is 0 Å². The second-order valence-electron chi connectivity index (χ2n) is 6.02. The number of H-pyrrole nitrogens is 1. The van der Waals surface area contributed by atoms with E-state index < -0.39 is 5.82 Å². The van der Waals surface area contributed by atoms with Crippen LogP contribution in [0.15, 0.2) is 18.2 Å².